The molecule has 0 spiro atoms. The average molecular weight is 366 g/mol. The van der Waals surface area contributed by atoms with Crippen LogP contribution < -0.4 is 14.2 Å². The van der Waals surface area contributed by atoms with Gasteiger partial charge in [0, 0.05) is 24.3 Å². The fourth-order valence-electron chi connectivity index (χ4n) is 3.37. The van der Waals surface area contributed by atoms with Gasteiger partial charge in [0.15, 0.2) is 11.5 Å². The Balaban J connectivity index is 1.94. The summed E-state index contributed by atoms with van der Waals surface area (Å²) in [5.41, 5.74) is 3.79. The molecule has 1 aromatic heterocycles. The molecule has 0 aliphatic carbocycles. The molecule has 4 rings (SSSR count). The summed E-state index contributed by atoms with van der Waals surface area (Å²) in [5, 5.41) is 0. The highest BCUT2D eigenvalue weighted by Gasteiger charge is 2.25. The van der Waals surface area contributed by atoms with E-state index in [1.807, 2.05) is 36.7 Å². The van der Waals surface area contributed by atoms with Gasteiger partial charge >= 0.3 is 0 Å². The van der Waals surface area contributed by atoms with Crippen molar-refractivity contribution in [2.24, 2.45) is 0 Å². The third-order valence-electron chi connectivity index (χ3n) is 4.67. The first-order chi connectivity index (χ1) is 13.2. The molecule has 0 N–H and O–H groups in total. The van der Waals surface area contributed by atoms with Crippen molar-refractivity contribution in [2.45, 2.75) is 13.0 Å². The lowest BCUT2D eigenvalue weighted by atomic mass is 10.0. The quantitative estimate of drug-likeness (QED) is 0.656. The van der Waals surface area contributed by atoms with Gasteiger partial charge < -0.3 is 23.5 Å². The summed E-state index contributed by atoms with van der Waals surface area (Å²) >= 11 is 0. The van der Waals surface area contributed by atoms with Gasteiger partial charge in [-0.25, -0.2) is 4.98 Å². The molecule has 0 saturated heterocycles. The van der Waals surface area contributed by atoms with E-state index in [0.29, 0.717) is 23.9 Å². The van der Waals surface area contributed by atoms with E-state index in [0.717, 1.165) is 22.5 Å². The summed E-state index contributed by atoms with van der Waals surface area (Å²) in [6, 6.07) is 14.0. The normalized spacial score (nSPS) is 13.6. The zero-order chi connectivity index (χ0) is 18.8. The first kappa shape index (κ1) is 17.4. The summed E-state index contributed by atoms with van der Waals surface area (Å²) < 4.78 is 24.3. The number of methoxy groups -OCH3 is 2. The molecule has 6 nitrogen and oxygen atoms in total. The van der Waals surface area contributed by atoms with Crippen LogP contribution >= 0.6 is 0 Å². The Morgan fingerprint density at radius 1 is 1.11 bits per heavy atom. The minimum atomic E-state index is 0.102. The van der Waals surface area contributed by atoms with Crippen molar-refractivity contribution >= 4 is 0 Å². The molecule has 1 atom stereocenters. The van der Waals surface area contributed by atoms with E-state index in [1.54, 1.807) is 14.2 Å². The Labute approximate surface area is 158 Å². The summed E-state index contributed by atoms with van der Waals surface area (Å²) in [7, 11) is 3.36. The Morgan fingerprint density at radius 2 is 1.85 bits per heavy atom. The van der Waals surface area contributed by atoms with Crippen molar-refractivity contribution in [2.75, 3.05) is 27.6 Å². The van der Waals surface area contributed by atoms with E-state index in [2.05, 4.69) is 23.6 Å². The van der Waals surface area contributed by atoms with Gasteiger partial charge in [0.2, 0.25) is 6.79 Å². The van der Waals surface area contributed by atoms with Crippen LogP contribution in [0.4, 0.5) is 0 Å². The van der Waals surface area contributed by atoms with Gasteiger partial charge in [-0.2, -0.15) is 0 Å². The van der Waals surface area contributed by atoms with Crippen LogP contribution in [0.2, 0.25) is 0 Å². The Bertz CT molecular complexity index is 937. The topological polar surface area (TPSA) is 54.7 Å². The zero-order valence-electron chi connectivity index (χ0n) is 15.6. The second kappa shape index (κ2) is 7.32. The van der Waals surface area contributed by atoms with Crippen LogP contribution in [0, 0.1) is 0 Å². The molecule has 2 aromatic carbocycles. The molecular weight excluding hydrogens is 344 g/mol. The second-order valence-electron chi connectivity index (χ2n) is 6.43. The van der Waals surface area contributed by atoms with Crippen LogP contribution in [0.25, 0.3) is 22.5 Å². The van der Waals surface area contributed by atoms with Crippen LogP contribution in [0.5, 0.6) is 17.2 Å². The van der Waals surface area contributed by atoms with Gasteiger partial charge in [-0.05, 0) is 13.0 Å². The fraction of sp³-hybridized carbons (Fsp3) is 0.286. The minimum absolute atomic E-state index is 0.102. The van der Waals surface area contributed by atoms with Gasteiger partial charge in [0.1, 0.15) is 5.75 Å². The maximum absolute atomic E-state index is 5.67. The Kier molecular flexibility index (Phi) is 4.73. The van der Waals surface area contributed by atoms with Crippen LogP contribution in [-0.2, 0) is 4.74 Å². The number of nitrogens with zero attached hydrogens (tertiary/aromatic N) is 2. The summed E-state index contributed by atoms with van der Waals surface area (Å²) in [6.45, 7) is 2.89. The van der Waals surface area contributed by atoms with Gasteiger partial charge in [0.25, 0.3) is 0 Å². The number of benzene rings is 2. The molecule has 0 bridgehead atoms. The highest BCUT2D eigenvalue weighted by Crippen LogP contribution is 2.45. The van der Waals surface area contributed by atoms with Crippen molar-refractivity contribution in [1.82, 2.24) is 9.55 Å². The van der Waals surface area contributed by atoms with E-state index in [4.69, 9.17) is 23.9 Å². The highest BCUT2D eigenvalue weighted by atomic mass is 16.7. The van der Waals surface area contributed by atoms with E-state index >= 15 is 0 Å². The Hall–Kier alpha value is -2.99. The smallest absolute Gasteiger partial charge is 0.231 e. The van der Waals surface area contributed by atoms with Crippen LogP contribution in [0.1, 0.15) is 13.0 Å². The maximum Gasteiger partial charge on any atom is 0.231 e. The van der Waals surface area contributed by atoms with E-state index < -0.39 is 0 Å². The predicted molar refractivity (Wildman–Crippen MR) is 102 cm³/mol. The zero-order valence-corrected chi connectivity index (χ0v) is 15.6. The number of aromatic nitrogens is 2. The number of fused-ring (bicyclic) bond motifs is 1. The van der Waals surface area contributed by atoms with Crippen LogP contribution in [0.15, 0.2) is 48.8 Å². The third kappa shape index (κ3) is 3.13. The first-order valence-electron chi connectivity index (χ1n) is 8.82. The van der Waals surface area contributed by atoms with Gasteiger partial charge in [-0.1, -0.05) is 30.3 Å². The van der Waals surface area contributed by atoms with Crippen LogP contribution in [-0.4, -0.2) is 37.2 Å². The molecule has 0 saturated carbocycles. The summed E-state index contributed by atoms with van der Waals surface area (Å²) in [4.78, 5) is 4.71. The van der Waals surface area contributed by atoms with E-state index in [-0.39, 0.29) is 12.8 Å². The number of ether oxygens (including phenoxy) is 4. The molecule has 2 heterocycles. The molecule has 3 aromatic rings. The standard InChI is InChI=1S/C21H22N2O4/c1-14(11-24-2)23-12-22-20(15-7-5-4-6-8-15)21(23)16-9-18-19(27-13-26-18)10-17(16)25-3/h4-10,12,14H,11,13H2,1-3H3/t14-/m0/s1. The monoisotopic (exact) mass is 366 g/mol. The molecule has 0 unspecified atom stereocenters. The van der Waals surface area contributed by atoms with Gasteiger partial charge in [-0.15, -0.1) is 0 Å². The number of rotatable bonds is 6. The number of hydrogen-bond donors (Lipinski definition) is 0. The van der Waals surface area contributed by atoms with Crippen molar-refractivity contribution in [1.29, 1.82) is 0 Å². The average Bonchev–Trinajstić information content (AvgIpc) is 3.34. The Morgan fingerprint density at radius 3 is 2.56 bits per heavy atom. The lowest BCUT2D eigenvalue weighted by Gasteiger charge is -2.19. The number of hydrogen-bond acceptors (Lipinski definition) is 5. The second-order valence-corrected chi connectivity index (χ2v) is 6.43. The number of imidazole rings is 1. The lowest BCUT2D eigenvalue weighted by molar-refractivity contribution is 0.163. The molecule has 140 valence electrons. The molecular formula is C21H22N2O4. The van der Waals surface area contributed by atoms with E-state index in [1.165, 1.54) is 0 Å². The van der Waals surface area contributed by atoms with Gasteiger partial charge in [-0.3, -0.25) is 0 Å². The predicted octanol–water partition coefficient (Wildman–Crippen LogP) is 4.16. The lowest BCUT2D eigenvalue weighted by Crippen LogP contribution is -2.11. The SMILES string of the molecule is COC[C@H](C)n1cnc(-c2ccccc2)c1-c1cc2c(cc1OC)OCO2. The highest BCUT2D eigenvalue weighted by molar-refractivity contribution is 5.83. The summed E-state index contributed by atoms with van der Waals surface area (Å²) in [5.74, 6) is 2.10. The van der Waals surface area contributed by atoms with Crippen molar-refractivity contribution in [3.8, 4) is 39.8 Å². The molecule has 0 fully saturated rings. The van der Waals surface area contributed by atoms with Crippen LogP contribution in [0.3, 0.4) is 0 Å². The van der Waals surface area contributed by atoms with Crippen molar-refractivity contribution in [3.05, 3.63) is 48.8 Å². The van der Waals surface area contributed by atoms with Crippen molar-refractivity contribution in [3.63, 3.8) is 0 Å². The molecule has 1 aliphatic heterocycles. The maximum atomic E-state index is 5.67. The third-order valence-corrected chi connectivity index (χ3v) is 4.67. The molecule has 1 aliphatic rings. The molecule has 27 heavy (non-hydrogen) atoms. The van der Waals surface area contributed by atoms with E-state index in [9.17, 15) is 0 Å². The minimum Gasteiger partial charge on any atom is -0.496 e. The largest absolute Gasteiger partial charge is 0.496 e. The molecule has 6 heteroatoms. The van der Waals surface area contributed by atoms with Gasteiger partial charge in [0.05, 0.1) is 37.5 Å². The first-order valence-corrected chi connectivity index (χ1v) is 8.82. The molecule has 0 radical (unpaired) electrons. The fourth-order valence-corrected chi connectivity index (χ4v) is 3.37. The molecule has 0 amide bonds. The van der Waals surface area contributed by atoms with Crippen molar-refractivity contribution < 1.29 is 18.9 Å². The summed E-state index contributed by atoms with van der Waals surface area (Å²) in [6.07, 6.45) is 1.85.